The van der Waals surface area contributed by atoms with Crippen LogP contribution in [0.15, 0.2) is 22.9 Å². The topological polar surface area (TPSA) is 67.1 Å². The van der Waals surface area contributed by atoms with E-state index in [4.69, 9.17) is 4.52 Å². The minimum atomic E-state index is 0. The van der Waals surface area contributed by atoms with Crippen molar-refractivity contribution in [2.24, 2.45) is 5.92 Å². The Labute approximate surface area is 143 Å². The van der Waals surface area contributed by atoms with Gasteiger partial charge in [-0.25, -0.2) is 4.98 Å². The van der Waals surface area contributed by atoms with Gasteiger partial charge < -0.3 is 14.7 Å². The van der Waals surface area contributed by atoms with Crippen LogP contribution in [0.5, 0.6) is 0 Å². The van der Waals surface area contributed by atoms with Gasteiger partial charge in [0, 0.05) is 37.3 Å². The summed E-state index contributed by atoms with van der Waals surface area (Å²) >= 11 is 0. The third-order valence-corrected chi connectivity index (χ3v) is 4.19. The standard InChI is InChI=1S/C16H23N5O.ClH/c1-11-5-7-21(10-11)15-9-13(4-6-18-15)16-19-14(20-22-16)8-12(2)17-3;/h4,6,9,11-12,17H,5,7-8,10H2,1-3H3;1H. The molecule has 0 aliphatic carbocycles. The van der Waals surface area contributed by atoms with Gasteiger partial charge in [-0.05, 0) is 38.4 Å². The van der Waals surface area contributed by atoms with Crippen molar-refractivity contribution in [1.29, 1.82) is 0 Å². The zero-order valence-electron chi connectivity index (χ0n) is 13.8. The fraction of sp³-hybridized carbons (Fsp3) is 0.562. The van der Waals surface area contributed by atoms with E-state index in [9.17, 15) is 0 Å². The Balaban J connectivity index is 0.00000192. The van der Waals surface area contributed by atoms with E-state index in [-0.39, 0.29) is 12.4 Å². The number of anilines is 1. The monoisotopic (exact) mass is 337 g/mol. The molecule has 2 aromatic heterocycles. The second-order valence-electron chi connectivity index (χ2n) is 6.15. The molecular weight excluding hydrogens is 314 g/mol. The molecule has 1 aliphatic rings. The first-order valence-corrected chi connectivity index (χ1v) is 7.87. The van der Waals surface area contributed by atoms with Gasteiger partial charge in [0.1, 0.15) is 5.82 Å². The summed E-state index contributed by atoms with van der Waals surface area (Å²) in [5.41, 5.74) is 0.931. The maximum absolute atomic E-state index is 5.40. The highest BCUT2D eigenvalue weighted by Crippen LogP contribution is 2.25. The van der Waals surface area contributed by atoms with Gasteiger partial charge in [0.15, 0.2) is 5.82 Å². The van der Waals surface area contributed by atoms with Crippen LogP contribution in [0.25, 0.3) is 11.5 Å². The molecule has 126 valence electrons. The predicted octanol–water partition coefficient (Wildman–Crippen LogP) is 2.55. The van der Waals surface area contributed by atoms with Crippen LogP contribution in [-0.4, -0.2) is 41.3 Å². The van der Waals surface area contributed by atoms with Crippen molar-refractivity contribution in [2.45, 2.75) is 32.7 Å². The smallest absolute Gasteiger partial charge is 0.258 e. The summed E-state index contributed by atoms with van der Waals surface area (Å²) in [4.78, 5) is 11.3. The van der Waals surface area contributed by atoms with Crippen LogP contribution >= 0.6 is 12.4 Å². The highest BCUT2D eigenvalue weighted by Gasteiger charge is 2.20. The van der Waals surface area contributed by atoms with E-state index in [0.29, 0.717) is 11.9 Å². The normalized spacial score (nSPS) is 18.7. The van der Waals surface area contributed by atoms with Crippen LogP contribution < -0.4 is 10.2 Å². The van der Waals surface area contributed by atoms with Crippen molar-refractivity contribution in [3.63, 3.8) is 0 Å². The number of halogens is 1. The lowest BCUT2D eigenvalue weighted by Crippen LogP contribution is -2.24. The molecule has 23 heavy (non-hydrogen) atoms. The Morgan fingerprint density at radius 1 is 1.48 bits per heavy atom. The average Bonchev–Trinajstić information content (AvgIpc) is 3.16. The van der Waals surface area contributed by atoms with Gasteiger partial charge in [-0.1, -0.05) is 12.1 Å². The highest BCUT2D eigenvalue weighted by molar-refractivity contribution is 5.85. The largest absolute Gasteiger partial charge is 0.356 e. The molecule has 2 aromatic rings. The summed E-state index contributed by atoms with van der Waals surface area (Å²) in [7, 11) is 1.93. The molecule has 2 atom stereocenters. The van der Waals surface area contributed by atoms with Crippen LogP contribution in [0.3, 0.4) is 0 Å². The lowest BCUT2D eigenvalue weighted by Gasteiger charge is -2.16. The molecule has 0 bridgehead atoms. The molecular formula is C16H24ClN5O. The summed E-state index contributed by atoms with van der Waals surface area (Å²) in [5, 5.41) is 7.23. The van der Waals surface area contributed by atoms with Crippen LogP contribution in [0.1, 0.15) is 26.1 Å². The van der Waals surface area contributed by atoms with Gasteiger partial charge in [0.25, 0.3) is 5.89 Å². The van der Waals surface area contributed by atoms with Gasteiger partial charge in [-0.15, -0.1) is 12.4 Å². The summed E-state index contributed by atoms with van der Waals surface area (Å²) in [6, 6.07) is 4.28. The number of rotatable bonds is 5. The number of aromatic nitrogens is 3. The molecule has 1 saturated heterocycles. The molecule has 6 nitrogen and oxygen atoms in total. The first-order valence-electron chi connectivity index (χ1n) is 7.87. The molecule has 1 fully saturated rings. The molecule has 2 unspecified atom stereocenters. The first-order chi connectivity index (χ1) is 10.7. The minimum absolute atomic E-state index is 0. The minimum Gasteiger partial charge on any atom is -0.356 e. The van der Waals surface area contributed by atoms with Crippen LogP contribution in [0.2, 0.25) is 0 Å². The molecule has 1 N–H and O–H groups in total. The van der Waals surface area contributed by atoms with E-state index in [1.54, 1.807) is 0 Å². The third kappa shape index (κ3) is 4.20. The van der Waals surface area contributed by atoms with Gasteiger partial charge in [-0.2, -0.15) is 4.98 Å². The summed E-state index contributed by atoms with van der Waals surface area (Å²) in [6.45, 7) is 6.49. The molecule has 3 rings (SSSR count). The quantitative estimate of drug-likeness (QED) is 0.904. The Hall–Kier alpha value is -1.66. The summed E-state index contributed by atoms with van der Waals surface area (Å²) in [5.74, 6) is 3.01. The maximum atomic E-state index is 5.40. The SMILES string of the molecule is CNC(C)Cc1noc(-c2ccnc(N3CCC(C)C3)c2)n1.Cl. The molecule has 0 spiro atoms. The van der Waals surface area contributed by atoms with E-state index in [0.717, 1.165) is 42.6 Å². The van der Waals surface area contributed by atoms with Crippen LogP contribution in [0.4, 0.5) is 5.82 Å². The van der Waals surface area contributed by atoms with Crippen molar-refractivity contribution in [1.82, 2.24) is 20.4 Å². The van der Waals surface area contributed by atoms with Crippen molar-refractivity contribution in [2.75, 3.05) is 25.0 Å². The number of nitrogens with one attached hydrogen (secondary N) is 1. The highest BCUT2D eigenvalue weighted by atomic mass is 35.5. The Bertz CT molecular complexity index is 632. The zero-order chi connectivity index (χ0) is 15.5. The second kappa shape index (κ2) is 7.75. The molecule has 0 aromatic carbocycles. The van der Waals surface area contributed by atoms with E-state index in [1.165, 1.54) is 6.42 Å². The number of pyridine rings is 1. The number of hydrogen-bond acceptors (Lipinski definition) is 6. The predicted molar refractivity (Wildman–Crippen MR) is 93.0 cm³/mol. The molecule has 7 heteroatoms. The number of likely N-dealkylation sites (N-methyl/N-ethyl adjacent to an activating group) is 1. The lowest BCUT2D eigenvalue weighted by atomic mass is 10.2. The van der Waals surface area contributed by atoms with E-state index in [1.807, 2.05) is 25.4 Å². The zero-order valence-corrected chi connectivity index (χ0v) is 14.6. The summed E-state index contributed by atoms with van der Waals surface area (Å²) in [6.07, 6.45) is 3.79. The lowest BCUT2D eigenvalue weighted by molar-refractivity contribution is 0.418. The van der Waals surface area contributed by atoms with Gasteiger partial charge >= 0.3 is 0 Å². The number of nitrogens with zero attached hydrogens (tertiary/aromatic N) is 4. The van der Waals surface area contributed by atoms with Crippen molar-refractivity contribution in [3.8, 4) is 11.5 Å². The average molecular weight is 338 g/mol. The van der Waals surface area contributed by atoms with E-state index < -0.39 is 0 Å². The Morgan fingerprint density at radius 2 is 2.30 bits per heavy atom. The van der Waals surface area contributed by atoms with Gasteiger partial charge in [0.2, 0.25) is 0 Å². The molecule has 3 heterocycles. The fourth-order valence-corrected chi connectivity index (χ4v) is 2.70. The van der Waals surface area contributed by atoms with Gasteiger partial charge in [-0.3, -0.25) is 0 Å². The molecule has 0 amide bonds. The molecule has 0 saturated carbocycles. The second-order valence-corrected chi connectivity index (χ2v) is 6.15. The van der Waals surface area contributed by atoms with E-state index >= 15 is 0 Å². The van der Waals surface area contributed by atoms with E-state index in [2.05, 4.69) is 39.2 Å². The summed E-state index contributed by atoms with van der Waals surface area (Å²) < 4.78 is 5.40. The number of hydrogen-bond donors (Lipinski definition) is 1. The van der Waals surface area contributed by atoms with Crippen LogP contribution in [0, 0.1) is 5.92 Å². The third-order valence-electron chi connectivity index (χ3n) is 4.19. The molecule has 0 radical (unpaired) electrons. The Morgan fingerprint density at radius 3 is 3.00 bits per heavy atom. The van der Waals surface area contributed by atoms with Crippen LogP contribution in [-0.2, 0) is 6.42 Å². The first kappa shape index (κ1) is 17.7. The van der Waals surface area contributed by atoms with Crippen molar-refractivity contribution >= 4 is 18.2 Å². The fourth-order valence-electron chi connectivity index (χ4n) is 2.70. The Kier molecular flexibility index (Phi) is 5.96. The maximum Gasteiger partial charge on any atom is 0.258 e. The van der Waals surface area contributed by atoms with Crippen molar-refractivity contribution < 1.29 is 4.52 Å². The van der Waals surface area contributed by atoms with Crippen molar-refractivity contribution in [3.05, 3.63) is 24.2 Å². The van der Waals surface area contributed by atoms with Gasteiger partial charge in [0.05, 0.1) is 0 Å². The molecule has 1 aliphatic heterocycles.